The third-order valence-electron chi connectivity index (χ3n) is 5.52. The number of ether oxygens (including phenoxy) is 2. The first kappa shape index (κ1) is 17.6. The van der Waals surface area contributed by atoms with E-state index < -0.39 is 0 Å². The van der Waals surface area contributed by atoms with E-state index in [1.807, 2.05) is 30.3 Å². The molecule has 1 saturated carbocycles. The predicted octanol–water partition coefficient (Wildman–Crippen LogP) is 5.14. The van der Waals surface area contributed by atoms with Crippen LogP contribution in [0.3, 0.4) is 0 Å². The highest BCUT2D eigenvalue weighted by atomic mass is 16.7. The third-order valence-corrected chi connectivity index (χ3v) is 5.52. The van der Waals surface area contributed by atoms with E-state index in [0.717, 1.165) is 18.4 Å². The molecule has 132 valence electrons. The summed E-state index contributed by atoms with van der Waals surface area (Å²) in [6.45, 7) is 2.89. The van der Waals surface area contributed by atoms with Gasteiger partial charge in [-0.15, -0.1) is 0 Å². The highest BCUT2D eigenvalue weighted by Gasteiger charge is 2.50. The fourth-order valence-electron chi connectivity index (χ4n) is 4.16. The number of unbranched alkanes of at least 4 members (excludes halogenated alkanes) is 2. The van der Waals surface area contributed by atoms with E-state index >= 15 is 0 Å². The molecule has 3 nitrogen and oxygen atoms in total. The third kappa shape index (κ3) is 4.07. The maximum Gasteiger partial charge on any atom is 0.171 e. The Labute approximate surface area is 145 Å². The maximum absolute atomic E-state index is 12.3. The van der Waals surface area contributed by atoms with E-state index in [-0.39, 0.29) is 17.7 Å². The van der Waals surface area contributed by atoms with Gasteiger partial charge in [-0.2, -0.15) is 0 Å². The molecule has 2 aliphatic rings. The van der Waals surface area contributed by atoms with Crippen LogP contribution in [-0.4, -0.2) is 24.3 Å². The van der Waals surface area contributed by atoms with E-state index in [1.165, 1.54) is 38.5 Å². The van der Waals surface area contributed by atoms with Gasteiger partial charge >= 0.3 is 0 Å². The molecule has 1 aliphatic heterocycles. The molecule has 0 radical (unpaired) electrons. The minimum atomic E-state index is -0.339. The molecule has 0 amide bonds. The van der Waals surface area contributed by atoms with Crippen molar-refractivity contribution in [3.05, 3.63) is 35.9 Å². The van der Waals surface area contributed by atoms with E-state index in [1.54, 1.807) is 0 Å². The zero-order valence-electron chi connectivity index (χ0n) is 14.8. The van der Waals surface area contributed by atoms with Gasteiger partial charge in [0.2, 0.25) is 0 Å². The average Bonchev–Trinajstić information content (AvgIpc) is 3.21. The molecule has 1 heterocycles. The standard InChI is InChI=1S/C21H30O3/c1-2-3-5-11-18-12-8-15-21(18)23-16-19(24-21)13-14-20(22)17-9-6-4-7-10-17/h4,6-7,9-10,18-19H,2-3,5,8,11-16H2,1H3. The summed E-state index contributed by atoms with van der Waals surface area (Å²) in [5, 5.41) is 0. The van der Waals surface area contributed by atoms with Gasteiger partial charge in [-0.25, -0.2) is 0 Å². The van der Waals surface area contributed by atoms with Crippen molar-refractivity contribution in [2.45, 2.75) is 76.6 Å². The molecule has 1 aromatic carbocycles. The Hall–Kier alpha value is -1.19. The van der Waals surface area contributed by atoms with Gasteiger partial charge in [-0.3, -0.25) is 4.79 Å². The molecule has 1 saturated heterocycles. The number of Topliss-reactive ketones (excluding diaryl/α,β-unsaturated/α-hetero) is 1. The number of rotatable bonds is 8. The largest absolute Gasteiger partial charge is 0.347 e. The second-order valence-corrected chi connectivity index (χ2v) is 7.28. The van der Waals surface area contributed by atoms with Crippen LogP contribution in [0.4, 0.5) is 0 Å². The fraction of sp³-hybridized carbons (Fsp3) is 0.667. The van der Waals surface area contributed by atoms with Crippen molar-refractivity contribution in [1.82, 2.24) is 0 Å². The van der Waals surface area contributed by atoms with Gasteiger partial charge in [0.05, 0.1) is 12.7 Å². The second kappa shape index (κ2) is 8.26. The van der Waals surface area contributed by atoms with E-state index in [4.69, 9.17) is 9.47 Å². The van der Waals surface area contributed by atoms with Crippen LogP contribution in [0.2, 0.25) is 0 Å². The van der Waals surface area contributed by atoms with Crippen molar-refractivity contribution in [3.63, 3.8) is 0 Å². The molecule has 0 aromatic heterocycles. The summed E-state index contributed by atoms with van der Waals surface area (Å²) in [5.74, 6) is 0.402. The molecule has 0 bridgehead atoms. The number of carbonyl (C=O) groups is 1. The highest BCUT2D eigenvalue weighted by molar-refractivity contribution is 5.95. The van der Waals surface area contributed by atoms with E-state index in [0.29, 0.717) is 18.9 Å². The topological polar surface area (TPSA) is 35.5 Å². The second-order valence-electron chi connectivity index (χ2n) is 7.28. The summed E-state index contributed by atoms with van der Waals surface area (Å²) in [5.41, 5.74) is 0.796. The van der Waals surface area contributed by atoms with Gasteiger partial charge < -0.3 is 9.47 Å². The van der Waals surface area contributed by atoms with Crippen LogP contribution in [0, 0.1) is 5.92 Å². The number of carbonyl (C=O) groups excluding carboxylic acids is 1. The lowest BCUT2D eigenvalue weighted by Crippen LogP contribution is -2.35. The minimum absolute atomic E-state index is 0.0736. The minimum Gasteiger partial charge on any atom is -0.347 e. The van der Waals surface area contributed by atoms with Crippen molar-refractivity contribution in [3.8, 4) is 0 Å². The highest BCUT2D eigenvalue weighted by Crippen LogP contribution is 2.46. The Balaban J connectivity index is 1.49. The monoisotopic (exact) mass is 330 g/mol. The lowest BCUT2D eigenvalue weighted by atomic mass is 9.95. The number of ketones is 1. The summed E-state index contributed by atoms with van der Waals surface area (Å²) in [6, 6.07) is 9.54. The predicted molar refractivity (Wildman–Crippen MR) is 95.0 cm³/mol. The molecule has 3 rings (SSSR count). The number of hydrogen-bond acceptors (Lipinski definition) is 3. The van der Waals surface area contributed by atoms with Crippen LogP contribution in [0.25, 0.3) is 0 Å². The summed E-state index contributed by atoms with van der Waals surface area (Å²) in [4.78, 5) is 12.3. The molecule has 1 aliphatic carbocycles. The van der Waals surface area contributed by atoms with Crippen LogP contribution < -0.4 is 0 Å². The van der Waals surface area contributed by atoms with Crippen LogP contribution in [0.5, 0.6) is 0 Å². The lowest BCUT2D eigenvalue weighted by Gasteiger charge is -2.30. The molecule has 3 atom stereocenters. The quantitative estimate of drug-likeness (QED) is 0.489. The first-order chi connectivity index (χ1) is 11.7. The number of benzene rings is 1. The molecule has 24 heavy (non-hydrogen) atoms. The smallest absolute Gasteiger partial charge is 0.171 e. The van der Waals surface area contributed by atoms with Gasteiger partial charge in [0.15, 0.2) is 11.6 Å². The van der Waals surface area contributed by atoms with Gasteiger partial charge in [-0.05, 0) is 25.7 Å². The van der Waals surface area contributed by atoms with Gasteiger partial charge in [0, 0.05) is 24.3 Å². The Morgan fingerprint density at radius 3 is 2.83 bits per heavy atom. The Morgan fingerprint density at radius 2 is 2.04 bits per heavy atom. The van der Waals surface area contributed by atoms with Crippen LogP contribution >= 0.6 is 0 Å². The molecular weight excluding hydrogens is 300 g/mol. The fourth-order valence-corrected chi connectivity index (χ4v) is 4.16. The molecule has 2 fully saturated rings. The summed E-state index contributed by atoms with van der Waals surface area (Å²) in [6.07, 6.45) is 9.85. The maximum atomic E-state index is 12.3. The lowest BCUT2D eigenvalue weighted by molar-refractivity contribution is -0.193. The molecule has 0 N–H and O–H groups in total. The average molecular weight is 330 g/mol. The van der Waals surface area contributed by atoms with Crippen molar-refractivity contribution in [2.24, 2.45) is 5.92 Å². The van der Waals surface area contributed by atoms with Crippen LogP contribution in [-0.2, 0) is 9.47 Å². The van der Waals surface area contributed by atoms with E-state index in [9.17, 15) is 4.79 Å². The number of hydrogen-bond donors (Lipinski definition) is 0. The molecule has 1 aromatic rings. The molecule has 3 unspecified atom stereocenters. The van der Waals surface area contributed by atoms with Crippen molar-refractivity contribution in [2.75, 3.05) is 6.61 Å². The van der Waals surface area contributed by atoms with Crippen molar-refractivity contribution >= 4 is 5.78 Å². The first-order valence-electron chi connectivity index (χ1n) is 9.63. The zero-order chi connectivity index (χ0) is 16.8. The molecule has 3 heteroatoms. The van der Waals surface area contributed by atoms with Crippen LogP contribution in [0.15, 0.2) is 30.3 Å². The van der Waals surface area contributed by atoms with Gasteiger partial charge in [-0.1, -0.05) is 56.5 Å². The summed E-state index contributed by atoms with van der Waals surface area (Å²) < 4.78 is 12.5. The summed E-state index contributed by atoms with van der Waals surface area (Å²) >= 11 is 0. The Kier molecular flexibility index (Phi) is 6.07. The van der Waals surface area contributed by atoms with Crippen molar-refractivity contribution < 1.29 is 14.3 Å². The SMILES string of the molecule is CCCCCC1CCCC12OCC(CCC(=O)c1ccccc1)O2. The zero-order valence-corrected chi connectivity index (χ0v) is 14.8. The Morgan fingerprint density at radius 1 is 1.21 bits per heavy atom. The van der Waals surface area contributed by atoms with Gasteiger partial charge in [0.1, 0.15) is 0 Å². The van der Waals surface area contributed by atoms with E-state index in [2.05, 4.69) is 6.92 Å². The van der Waals surface area contributed by atoms with Gasteiger partial charge in [0.25, 0.3) is 0 Å². The van der Waals surface area contributed by atoms with Crippen LogP contribution in [0.1, 0.15) is 75.1 Å². The Bertz CT molecular complexity index is 527. The first-order valence-corrected chi connectivity index (χ1v) is 9.63. The normalized spacial score (nSPS) is 29.4. The molecular formula is C21H30O3. The summed E-state index contributed by atoms with van der Waals surface area (Å²) in [7, 11) is 0. The molecule has 1 spiro atoms. The van der Waals surface area contributed by atoms with Crippen molar-refractivity contribution in [1.29, 1.82) is 0 Å².